The van der Waals surface area contributed by atoms with E-state index in [0.29, 0.717) is 5.75 Å². The summed E-state index contributed by atoms with van der Waals surface area (Å²) in [5.41, 5.74) is 3.04. The largest absolute Gasteiger partial charge is 0.497 e. The van der Waals surface area contributed by atoms with E-state index >= 15 is 0 Å². The van der Waals surface area contributed by atoms with Gasteiger partial charge in [0.25, 0.3) is 0 Å². The molecule has 3 aromatic rings. The lowest BCUT2D eigenvalue weighted by atomic mass is 9.71. The Kier molecular flexibility index (Phi) is 5.41. The second-order valence-electron chi connectivity index (χ2n) is 6.37. The van der Waals surface area contributed by atoms with Crippen LogP contribution in [0, 0.1) is 0 Å². The van der Waals surface area contributed by atoms with Gasteiger partial charge in [-0.1, -0.05) is 61.2 Å². The van der Waals surface area contributed by atoms with Crippen molar-refractivity contribution in [3.05, 3.63) is 108 Å². The third-order valence-electron chi connectivity index (χ3n) is 4.84. The van der Waals surface area contributed by atoms with Gasteiger partial charge in [-0.05, 0) is 47.9 Å². The molecular formula is C24H22O3. The lowest BCUT2D eigenvalue weighted by molar-refractivity contribution is -0.128. The number of hydrogen-bond donors (Lipinski definition) is 0. The second-order valence-corrected chi connectivity index (χ2v) is 6.37. The maximum absolute atomic E-state index is 11.4. The number of rotatable bonds is 6. The molecule has 0 heterocycles. The Morgan fingerprint density at radius 1 is 0.815 bits per heavy atom. The summed E-state index contributed by atoms with van der Waals surface area (Å²) in [6, 6.07) is 26.0. The Morgan fingerprint density at radius 2 is 1.30 bits per heavy atom. The average Bonchev–Trinajstić information content (AvgIpc) is 2.74. The van der Waals surface area contributed by atoms with Crippen LogP contribution in [0.3, 0.4) is 0 Å². The van der Waals surface area contributed by atoms with Gasteiger partial charge in [0.1, 0.15) is 11.5 Å². The van der Waals surface area contributed by atoms with Crippen LogP contribution in [0.4, 0.5) is 0 Å². The van der Waals surface area contributed by atoms with Crippen LogP contribution in [0.25, 0.3) is 0 Å². The Labute approximate surface area is 159 Å². The molecule has 0 saturated heterocycles. The van der Waals surface area contributed by atoms with Crippen molar-refractivity contribution in [1.82, 2.24) is 0 Å². The van der Waals surface area contributed by atoms with Gasteiger partial charge in [-0.2, -0.15) is 0 Å². The number of hydrogen-bond acceptors (Lipinski definition) is 3. The third-order valence-corrected chi connectivity index (χ3v) is 4.84. The molecular weight excluding hydrogens is 336 g/mol. The van der Waals surface area contributed by atoms with Gasteiger partial charge >= 0.3 is 5.97 Å². The number of benzene rings is 3. The molecule has 27 heavy (non-hydrogen) atoms. The van der Waals surface area contributed by atoms with Crippen molar-refractivity contribution in [3.8, 4) is 11.5 Å². The van der Waals surface area contributed by atoms with E-state index in [4.69, 9.17) is 9.47 Å². The van der Waals surface area contributed by atoms with Crippen LogP contribution in [-0.4, -0.2) is 13.1 Å². The fourth-order valence-electron chi connectivity index (χ4n) is 3.21. The maximum Gasteiger partial charge on any atom is 0.335 e. The summed E-state index contributed by atoms with van der Waals surface area (Å²) in [6.45, 7) is 5.61. The van der Waals surface area contributed by atoms with Crippen molar-refractivity contribution in [2.24, 2.45) is 0 Å². The lowest BCUT2D eigenvalue weighted by Crippen LogP contribution is -2.25. The van der Waals surface area contributed by atoms with Crippen LogP contribution in [0.2, 0.25) is 0 Å². The summed E-state index contributed by atoms with van der Waals surface area (Å²) in [5, 5.41) is 0. The molecule has 0 amide bonds. The molecule has 0 N–H and O–H groups in total. The van der Waals surface area contributed by atoms with Crippen LogP contribution in [-0.2, 0) is 10.2 Å². The molecule has 0 aliphatic heterocycles. The predicted molar refractivity (Wildman–Crippen MR) is 107 cm³/mol. The van der Waals surface area contributed by atoms with Gasteiger partial charge in [0.15, 0.2) is 0 Å². The quantitative estimate of drug-likeness (QED) is 0.265. The summed E-state index contributed by atoms with van der Waals surface area (Å²) in [6.07, 6.45) is 1.15. The summed E-state index contributed by atoms with van der Waals surface area (Å²) in [4.78, 5) is 11.4. The Balaban J connectivity index is 2.07. The van der Waals surface area contributed by atoms with E-state index in [1.807, 2.05) is 42.5 Å². The van der Waals surface area contributed by atoms with Crippen molar-refractivity contribution in [1.29, 1.82) is 0 Å². The summed E-state index contributed by atoms with van der Waals surface area (Å²) in [5.74, 6) is 0.846. The van der Waals surface area contributed by atoms with Crippen molar-refractivity contribution < 1.29 is 14.3 Å². The minimum Gasteiger partial charge on any atom is -0.497 e. The number of methoxy groups -OCH3 is 1. The molecule has 0 spiro atoms. The fourth-order valence-corrected chi connectivity index (χ4v) is 3.21. The molecule has 0 radical (unpaired) electrons. The SMILES string of the molecule is C=CC(=O)Oc1ccc(C(C)(c2ccccc2)c2ccc(OC)cc2)cc1. The van der Waals surface area contributed by atoms with Crippen molar-refractivity contribution >= 4 is 5.97 Å². The van der Waals surface area contributed by atoms with Crippen LogP contribution < -0.4 is 9.47 Å². The van der Waals surface area contributed by atoms with Crippen LogP contribution in [0.1, 0.15) is 23.6 Å². The van der Waals surface area contributed by atoms with E-state index in [-0.39, 0.29) is 5.41 Å². The molecule has 3 rings (SSSR count). The van der Waals surface area contributed by atoms with E-state index in [0.717, 1.165) is 23.0 Å². The first-order valence-electron chi connectivity index (χ1n) is 8.73. The highest BCUT2D eigenvalue weighted by Gasteiger charge is 2.31. The molecule has 0 saturated carbocycles. The molecule has 0 bridgehead atoms. The zero-order valence-electron chi connectivity index (χ0n) is 15.5. The molecule has 3 heteroatoms. The van der Waals surface area contributed by atoms with E-state index < -0.39 is 5.97 Å². The Bertz CT molecular complexity index is 912. The molecule has 3 nitrogen and oxygen atoms in total. The van der Waals surface area contributed by atoms with Gasteiger partial charge in [0.2, 0.25) is 0 Å². The first-order valence-corrected chi connectivity index (χ1v) is 8.73. The average molecular weight is 358 g/mol. The minimum atomic E-state index is -0.469. The topological polar surface area (TPSA) is 35.5 Å². The van der Waals surface area contributed by atoms with Crippen molar-refractivity contribution in [2.75, 3.05) is 7.11 Å². The van der Waals surface area contributed by atoms with Crippen LogP contribution in [0.5, 0.6) is 11.5 Å². The summed E-state index contributed by atoms with van der Waals surface area (Å²) in [7, 11) is 1.66. The molecule has 0 aliphatic carbocycles. The molecule has 3 aromatic carbocycles. The van der Waals surface area contributed by atoms with Gasteiger partial charge in [-0.3, -0.25) is 0 Å². The van der Waals surface area contributed by atoms with Gasteiger partial charge < -0.3 is 9.47 Å². The van der Waals surface area contributed by atoms with Gasteiger partial charge in [0.05, 0.1) is 7.11 Å². The molecule has 0 fully saturated rings. The molecule has 0 aromatic heterocycles. The van der Waals surface area contributed by atoms with E-state index in [2.05, 4.69) is 37.8 Å². The standard InChI is InChI=1S/C24H22O3/c1-4-23(25)27-22-16-12-20(13-17-22)24(2,18-8-6-5-7-9-18)19-10-14-21(26-3)15-11-19/h4-17H,1H2,2-3H3. The normalized spacial score (nSPS) is 12.7. The highest BCUT2D eigenvalue weighted by Crippen LogP contribution is 2.39. The first-order chi connectivity index (χ1) is 13.1. The highest BCUT2D eigenvalue weighted by atomic mass is 16.5. The lowest BCUT2D eigenvalue weighted by Gasteiger charge is -2.32. The monoisotopic (exact) mass is 358 g/mol. The van der Waals surface area contributed by atoms with Crippen LogP contribution in [0.15, 0.2) is 91.5 Å². The predicted octanol–water partition coefficient (Wildman–Crippen LogP) is 5.14. The summed E-state index contributed by atoms with van der Waals surface area (Å²) < 4.78 is 10.5. The summed E-state index contributed by atoms with van der Waals surface area (Å²) >= 11 is 0. The Hall–Kier alpha value is -3.33. The van der Waals surface area contributed by atoms with Crippen molar-refractivity contribution in [3.63, 3.8) is 0 Å². The number of esters is 1. The van der Waals surface area contributed by atoms with E-state index in [1.54, 1.807) is 19.2 Å². The molecule has 1 unspecified atom stereocenters. The van der Waals surface area contributed by atoms with Gasteiger partial charge in [-0.25, -0.2) is 4.79 Å². The Morgan fingerprint density at radius 3 is 1.78 bits per heavy atom. The maximum atomic E-state index is 11.4. The van der Waals surface area contributed by atoms with E-state index in [9.17, 15) is 4.79 Å². The highest BCUT2D eigenvalue weighted by molar-refractivity contribution is 5.83. The first kappa shape index (κ1) is 18.5. The zero-order chi connectivity index (χ0) is 19.3. The molecule has 136 valence electrons. The third kappa shape index (κ3) is 3.77. The number of ether oxygens (including phenoxy) is 2. The minimum absolute atomic E-state index is 0.367. The fraction of sp³-hybridized carbons (Fsp3) is 0.125. The number of carbonyl (C=O) groups is 1. The van der Waals surface area contributed by atoms with Gasteiger partial charge in [-0.15, -0.1) is 0 Å². The van der Waals surface area contributed by atoms with Crippen molar-refractivity contribution in [2.45, 2.75) is 12.3 Å². The number of carbonyl (C=O) groups excluding carboxylic acids is 1. The second kappa shape index (κ2) is 7.92. The molecule has 0 aliphatic rings. The molecule has 1 atom stereocenters. The van der Waals surface area contributed by atoms with Crippen LogP contribution >= 0.6 is 0 Å². The van der Waals surface area contributed by atoms with Gasteiger partial charge in [0, 0.05) is 11.5 Å². The van der Waals surface area contributed by atoms with E-state index in [1.165, 1.54) is 5.56 Å². The zero-order valence-corrected chi connectivity index (χ0v) is 15.5. The smallest absolute Gasteiger partial charge is 0.335 e.